The van der Waals surface area contributed by atoms with Gasteiger partial charge in [-0.15, -0.1) is 0 Å². The molecule has 158 valence electrons. The number of benzene rings is 2. The number of rotatable bonds is 8. The summed E-state index contributed by atoms with van der Waals surface area (Å²) in [4.78, 5) is 24.8. The normalized spacial score (nSPS) is 14.9. The van der Waals surface area contributed by atoms with Crippen molar-refractivity contribution in [2.45, 2.75) is 57.9 Å². The third-order valence-corrected chi connectivity index (χ3v) is 5.54. The van der Waals surface area contributed by atoms with E-state index in [1.165, 1.54) is 10.6 Å². The Hall–Kier alpha value is -2.95. The van der Waals surface area contributed by atoms with Crippen LogP contribution >= 0.6 is 0 Å². The highest BCUT2D eigenvalue weighted by molar-refractivity contribution is 6.02. The second kappa shape index (κ2) is 9.70. The average Bonchev–Trinajstić information content (AvgIpc) is 3.23. The molecule has 0 radical (unpaired) electrons. The van der Waals surface area contributed by atoms with Gasteiger partial charge in [-0.3, -0.25) is 9.59 Å². The number of carbonyl (C=O) groups excluding carboxylic acids is 2. The van der Waals surface area contributed by atoms with Gasteiger partial charge < -0.3 is 5.32 Å². The van der Waals surface area contributed by atoms with Gasteiger partial charge in [0.15, 0.2) is 0 Å². The zero-order chi connectivity index (χ0) is 21.6. The lowest BCUT2D eigenvalue weighted by Crippen LogP contribution is -2.37. The third kappa shape index (κ3) is 5.78. The molecule has 1 heterocycles. The van der Waals surface area contributed by atoms with Gasteiger partial charge in [0.2, 0.25) is 11.8 Å². The van der Waals surface area contributed by atoms with Gasteiger partial charge >= 0.3 is 0 Å². The number of hydrogen-bond donors (Lipinski definition) is 1. The fourth-order valence-corrected chi connectivity index (χ4v) is 3.99. The zero-order valence-electron chi connectivity index (χ0n) is 18.1. The maximum atomic E-state index is 12.5. The van der Waals surface area contributed by atoms with Crippen LogP contribution in [-0.2, 0) is 15.0 Å². The van der Waals surface area contributed by atoms with Crippen molar-refractivity contribution in [2.24, 2.45) is 5.10 Å². The second-order valence-electron chi connectivity index (χ2n) is 8.60. The van der Waals surface area contributed by atoms with Gasteiger partial charge in [0.05, 0.1) is 12.3 Å². The molecule has 0 aromatic heterocycles. The highest BCUT2D eigenvalue weighted by atomic mass is 16.2. The van der Waals surface area contributed by atoms with E-state index in [-0.39, 0.29) is 36.1 Å². The molecule has 2 aromatic carbocycles. The van der Waals surface area contributed by atoms with Crippen LogP contribution in [-0.4, -0.2) is 35.1 Å². The molecule has 0 saturated carbocycles. The van der Waals surface area contributed by atoms with E-state index < -0.39 is 0 Å². The standard InChI is InChI=1S/C25H31N3O2/c1-19(18-25(2,3)21-12-8-5-9-13-21)26-23(29)14-15-24(30)28-17-16-22(27-28)20-10-6-4-7-11-20/h4-13,19H,14-18H2,1-3H3,(H,26,29). The van der Waals surface area contributed by atoms with Gasteiger partial charge in [-0.25, -0.2) is 5.01 Å². The van der Waals surface area contributed by atoms with Crippen molar-refractivity contribution in [3.63, 3.8) is 0 Å². The second-order valence-corrected chi connectivity index (χ2v) is 8.60. The lowest BCUT2D eigenvalue weighted by Gasteiger charge is -2.29. The lowest BCUT2D eigenvalue weighted by atomic mass is 9.79. The summed E-state index contributed by atoms with van der Waals surface area (Å²) in [6, 6.07) is 20.2. The topological polar surface area (TPSA) is 61.8 Å². The molecule has 1 atom stereocenters. The van der Waals surface area contributed by atoms with Crippen LogP contribution in [0.25, 0.3) is 0 Å². The Morgan fingerprint density at radius 3 is 2.33 bits per heavy atom. The summed E-state index contributed by atoms with van der Waals surface area (Å²) in [5.74, 6) is -0.195. The molecule has 1 N–H and O–H groups in total. The molecule has 5 heteroatoms. The molecule has 1 aliphatic heterocycles. The molecular weight excluding hydrogens is 374 g/mol. The maximum absolute atomic E-state index is 12.5. The van der Waals surface area contributed by atoms with E-state index in [0.29, 0.717) is 6.54 Å². The molecule has 0 bridgehead atoms. The minimum Gasteiger partial charge on any atom is -0.354 e. The molecular formula is C25H31N3O2. The van der Waals surface area contributed by atoms with Crippen molar-refractivity contribution >= 4 is 17.5 Å². The first-order chi connectivity index (χ1) is 14.3. The Labute approximate surface area is 179 Å². The summed E-state index contributed by atoms with van der Waals surface area (Å²) in [6.07, 6.45) is 1.93. The van der Waals surface area contributed by atoms with E-state index in [1.807, 2.05) is 55.5 Å². The molecule has 0 spiro atoms. The summed E-state index contributed by atoms with van der Waals surface area (Å²) in [5.41, 5.74) is 3.18. The van der Waals surface area contributed by atoms with Gasteiger partial charge in [0.1, 0.15) is 0 Å². The van der Waals surface area contributed by atoms with Crippen LogP contribution in [0.3, 0.4) is 0 Å². The molecule has 0 aliphatic carbocycles. The fraction of sp³-hybridized carbons (Fsp3) is 0.400. The van der Waals surface area contributed by atoms with Gasteiger partial charge in [-0.1, -0.05) is 74.5 Å². The summed E-state index contributed by atoms with van der Waals surface area (Å²) < 4.78 is 0. The highest BCUT2D eigenvalue weighted by Gasteiger charge is 2.25. The Morgan fingerprint density at radius 1 is 1.03 bits per heavy atom. The summed E-state index contributed by atoms with van der Waals surface area (Å²) in [7, 11) is 0. The maximum Gasteiger partial charge on any atom is 0.243 e. The van der Waals surface area contributed by atoms with Crippen molar-refractivity contribution in [1.29, 1.82) is 0 Å². The molecule has 3 rings (SSSR count). The van der Waals surface area contributed by atoms with Crippen LogP contribution in [0.5, 0.6) is 0 Å². The molecule has 30 heavy (non-hydrogen) atoms. The molecule has 0 fully saturated rings. The third-order valence-electron chi connectivity index (χ3n) is 5.54. The highest BCUT2D eigenvalue weighted by Crippen LogP contribution is 2.28. The molecule has 1 unspecified atom stereocenters. The quantitative estimate of drug-likeness (QED) is 0.713. The SMILES string of the molecule is CC(CC(C)(C)c1ccccc1)NC(=O)CCC(=O)N1CCC(c2ccccc2)=N1. The van der Waals surface area contributed by atoms with E-state index in [2.05, 4.69) is 36.4 Å². The minimum absolute atomic E-state index is 0.0253. The molecule has 0 saturated heterocycles. The van der Waals surface area contributed by atoms with Crippen molar-refractivity contribution in [1.82, 2.24) is 10.3 Å². The minimum atomic E-state index is -0.103. The first-order valence-electron chi connectivity index (χ1n) is 10.6. The van der Waals surface area contributed by atoms with Crippen LogP contribution in [0, 0.1) is 0 Å². The van der Waals surface area contributed by atoms with Gasteiger partial charge in [0.25, 0.3) is 0 Å². The Kier molecular flexibility index (Phi) is 7.03. The largest absolute Gasteiger partial charge is 0.354 e. The number of nitrogens with one attached hydrogen (secondary N) is 1. The number of hydrogen-bond acceptors (Lipinski definition) is 3. The van der Waals surface area contributed by atoms with E-state index in [0.717, 1.165) is 24.1 Å². The van der Waals surface area contributed by atoms with Crippen LogP contribution in [0.15, 0.2) is 65.8 Å². The smallest absolute Gasteiger partial charge is 0.243 e. The number of nitrogens with zero attached hydrogens (tertiary/aromatic N) is 2. The number of carbonyl (C=O) groups is 2. The van der Waals surface area contributed by atoms with Crippen molar-refractivity contribution in [3.05, 3.63) is 71.8 Å². The van der Waals surface area contributed by atoms with Crippen molar-refractivity contribution < 1.29 is 9.59 Å². The van der Waals surface area contributed by atoms with Gasteiger partial charge in [0, 0.05) is 25.3 Å². The first-order valence-corrected chi connectivity index (χ1v) is 10.6. The fourth-order valence-electron chi connectivity index (χ4n) is 3.99. The van der Waals surface area contributed by atoms with Gasteiger partial charge in [-0.05, 0) is 29.9 Å². The van der Waals surface area contributed by atoms with Gasteiger partial charge in [-0.2, -0.15) is 5.10 Å². The van der Waals surface area contributed by atoms with Crippen LogP contribution in [0.1, 0.15) is 57.6 Å². The number of amides is 2. The average molecular weight is 406 g/mol. The Balaban J connectivity index is 1.45. The number of hydrazone groups is 1. The molecule has 5 nitrogen and oxygen atoms in total. The predicted octanol–water partition coefficient (Wildman–Crippen LogP) is 4.28. The lowest BCUT2D eigenvalue weighted by molar-refractivity contribution is -0.133. The molecule has 2 aromatic rings. The van der Waals surface area contributed by atoms with Crippen LogP contribution in [0.2, 0.25) is 0 Å². The zero-order valence-corrected chi connectivity index (χ0v) is 18.1. The monoisotopic (exact) mass is 405 g/mol. The predicted molar refractivity (Wildman–Crippen MR) is 120 cm³/mol. The van der Waals surface area contributed by atoms with Crippen LogP contribution < -0.4 is 5.32 Å². The summed E-state index contributed by atoms with van der Waals surface area (Å²) in [6.45, 7) is 6.96. The first kappa shape index (κ1) is 21.8. The van der Waals surface area contributed by atoms with E-state index >= 15 is 0 Å². The van der Waals surface area contributed by atoms with Crippen molar-refractivity contribution in [3.8, 4) is 0 Å². The molecule has 2 amide bonds. The Morgan fingerprint density at radius 2 is 1.67 bits per heavy atom. The Bertz CT molecular complexity index is 891. The summed E-state index contributed by atoms with van der Waals surface area (Å²) in [5, 5.41) is 8.99. The van der Waals surface area contributed by atoms with Crippen LogP contribution in [0.4, 0.5) is 0 Å². The van der Waals surface area contributed by atoms with E-state index in [9.17, 15) is 9.59 Å². The van der Waals surface area contributed by atoms with Crippen molar-refractivity contribution in [2.75, 3.05) is 6.54 Å². The molecule has 1 aliphatic rings. The van der Waals surface area contributed by atoms with E-state index in [4.69, 9.17) is 0 Å². The summed E-state index contributed by atoms with van der Waals surface area (Å²) >= 11 is 0. The van der Waals surface area contributed by atoms with E-state index in [1.54, 1.807) is 0 Å².